The van der Waals surface area contributed by atoms with Gasteiger partial charge in [-0.3, -0.25) is 0 Å². The Balaban J connectivity index is 2.12. The fourth-order valence-electron chi connectivity index (χ4n) is 3.28. The number of aliphatic hydroxyl groups is 1. The number of rotatable bonds is 1. The van der Waals surface area contributed by atoms with Gasteiger partial charge in [-0.15, -0.1) is 0 Å². The van der Waals surface area contributed by atoms with Crippen LogP contribution in [0.5, 0.6) is 0 Å². The fourth-order valence-corrected chi connectivity index (χ4v) is 3.28. The average Bonchev–Trinajstić information content (AvgIpc) is 2.47. The van der Waals surface area contributed by atoms with Gasteiger partial charge in [-0.05, 0) is 38.5 Å². The van der Waals surface area contributed by atoms with E-state index >= 15 is 0 Å². The molecule has 2 N–H and O–H groups in total. The van der Waals surface area contributed by atoms with Gasteiger partial charge in [-0.25, -0.2) is 0 Å². The van der Waals surface area contributed by atoms with Crippen LogP contribution in [0.3, 0.4) is 0 Å². The summed E-state index contributed by atoms with van der Waals surface area (Å²) in [7, 11) is 0. The molecule has 2 fully saturated rings. The number of hydrogen-bond donors (Lipinski definition) is 2. The van der Waals surface area contributed by atoms with Crippen molar-refractivity contribution in [3.63, 3.8) is 0 Å². The molecular formula is C11H21NO. The summed E-state index contributed by atoms with van der Waals surface area (Å²) in [6, 6.07) is 0.375. The number of fused-ring (bicyclic) bond motifs is 1. The van der Waals surface area contributed by atoms with Crippen molar-refractivity contribution in [1.82, 2.24) is 5.32 Å². The molecule has 0 amide bonds. The summed E-state index contributed by atoms with van der Waals surface area (Å²) >= 11 is 0. The molecule has 76 valence electrons. The van der Waals surface area contributed by atoms with E-state index in [0.29, 0.717) is 6.04 Å². The van der Waals surface area contributed by atoms with Gasteiger partial charge in [-0.1, -0.05) is 13.3 Å². The van der Waals surface area contributed by atoms with Gasteiger partial charge in [0.2, 0.25) is 0 Å². The van der Waals surface area contributed by atoms with E-state index in [0.717, 1.165) is 18.3 Å². The van der Waals surface area contributed by atoms with Gasteiger partial charge in [-0.2, -0.15) is 0 Å². The van der Waals surface area contributed by atoms with Crippen LogP contribution in [0.25, 0.3) is 0 Å². The zero-order valence-electron chi connectivity index (χ0n) is 8.88. The molecule has 2 nitrogen and oxygen atoms in total. The Morgan fingerprint density at radius 3 is 2.77 bits per heavy atom. The van der Waals surface area contributed by atoms with Gasteiger partial charge in [0, 0.05) is 11.6 Å². The Labute approximate surface area is 80.7 Å². The lowest BCUT2D eigenvalue weighted by atomic mass is 9.86. The van der Waals surface area contributed by atoms with Gasteiger partial charge in [0.25, 0.3) is 0 Å². The van der Waals surface area contributed by atoms with Crippen molar-refractivity contribution in [2.45, 2.75) is 57.7 Å². The Kier molecular flexibility index (Phi) is 2.16. The molecule has 1 aliphatic heterocycles. The third kappa shape index (κ3) is 1.50. The van der Waals surface area contributed by atoms with Crippen LogP contribution in [-0.2, 0) is 0 Å². The zero-order chi connectivity index (χ0) is 9.64. The van der Waals surface area contributed by atoms with E-state index in [2.05, 4.69) is 26.1 Å². The molecule has 13 heavy (non-hydrogen) atoms. The largest absolute Gasteiger partial charge is 0.391 e. The smallest absolute Gasteiger partial charge is 0.0698 e. The van der Waals surface area contributed by atoms with Gasteiger partial charge in [0.1, 0.15) is 0 Å². The minimum absolute atomic E-state index is 0.100. The zero-order valence-corrected chi connectivity index (χ0v) is 8.88. The van der Waals surface area contributed by atoms with Crippen LogP contribution >= 0.6 is 0 Å². The summed E-state index contributed by atoms with van der Waals surface area (Å²) < 4.78 is 0. The molecular weight excluding hydrogens is 162 g/mol. The van der Waals surface area contributed by atoms with Crippen LogP contribution in [-0.4, -0.2) is 22.8 Å². The van der Waals surface area contributed by atoms with Crippen LogP contribution in [0, 0.1) is 11.8 Å². The van der Waals surface area contributed by atoms with Crippen LogP contribution in [0.4, 0.5) is 0 Å². The van der Waals surface area contributed by atoms with Crippen molar-refractivity contribution < 1.29 is 5.11 Å². The van der Waals surface area contributed by atoms with Gasteiger partial charge in [0.15, 0.2) is 0 Å². The summed E-state index contributed by atoms with van der Waals surface area (Å²) in [4.78, 5) is 0. The molecule has 1 heterocycles. The van der Waals surface area contributed by atoms with Crippen LogP contribution in [0.2, 0.25) is 0 Å². The Morgan fingerprint density at radius 1 is 1.46 bits per heavy atom. The summed E-state index contributed by atoms with van der Waals surface area (Å²) in [5.74, 6) is 1.46. The summed E-state index contributed by atoms with van der Waals surface area (Å²) in [5, 5.41) is 13.4. The maximum absolute atomic E-state index is 9.87. The molecule has 0 unspecified atom stereocenters. The lowest BCUT2D eigenvalue weighted by Gasteiger charge is -2.22. The molecule has 1 saturated heterocycles. The first-order chi connectivity index (χ1) is 6.03. The van der Waals surface area contributed by atoms with E-state index in [9.17, 15) is 5.11 Å². The predicted molar refractivity (Wildman–Crippen MR) is 53.5 cm³/mol. The second-order valence-corrected chi connectivity index (χ2v) is 5.39. The SMILES string of the molecule is CC[C@@H]1C[C@H](O)[C@H]2NC(C)(C)C[C@@H]12. The number of aliphatic hydroxyl groups excluding tert-OH is 1. The quantitative estimate of drug-likeness (QED) is 0.646. The molecule has 4 atom stereocenters. The molecule has 1 aliphatic carbocycles. The van der Waals surface area contributed by atoms with E-state index in [1.54, 1.807) is 0 Å². The molecule has 0 aromatic heterocycles. The topological polar surface area (TPSA) is 32.3 Å². The average molecular weight is 183 g/mol. The summed E-state index contributed by atoms with van der Waals surface area (Å²) in [6.45, 7) is 6.72. The van der Waals surface area contributed by atoms with Crippen LogP contribution < -0.4 is 5.32 Å². The lowest BCUT2D eigenvalue weighted by molar-refractivity contribution is 0.141. The van der Waals surface area contributed by atoms with Crippen molar-refractivity contribution in [2.75, 3.05) is 0 Å². The molecule has 2 rings (SSSR count). The molecule has 0 radical (unpaired) electrons. The lowest BCUT2D eigenvalue weighted by Crippen LogP contribution is -2.42. The minimum Gasteiger partial charge on any atom is -0.391 e. The maximum atomic E-state index is 9.87. The van der Waals surface area contributed by atoms with E-state index < -0.39 is 0 Å². The Morgan fingerprint density at radius 2 is 2.15 bits per heavy atom. The van der Waals surface area contributed by atoms with Crippen LogP contribution in [0.15, 0.2) is 0 Å². The second kappa shape index (κ2) is 2.96. The van der Waals surface area contributed by atoms with E-state index in [4.69, 9.17) is 0 Å². The second-order valence-electron chi connectivity index (χ2n) is 5.39. The molecule has 0 aromatic rings. The summed E-state index contributed by atoms with van der Waals surface area (Å²) in [6.07, 6.45) is 3.36. The highest BCUT2D eigenvalue weighted by Gasteiger charge is 2.49. The van der Waals surface area contributed by atoms with Crippen molar-refractivity contribution in [3.05, 3.63) is 0 Å². The molecule has 0 aromatic carbocycles. The molecule has 0 bridgehead atoms. The predicted octanol–water partition coefficient (Wildman–Crippen LogP) is 1.53. The Hall–Kier alpha value is -0.0800. The van der Waals surface area contributed by atoms with Crippen molar-refractivity contribution in [2.24, 2.45) is 11.8 Å². The van der Waals surface area contributed by atoms with Gasteiger partial charge >= 0.3 is 0 Å². The first-order valence-electron chi connectivity index (χ1n) is 5.49. The van der Waals surface area contributed by atoms with E-state index in [-0.39, 0.29) is 11.6 Å². The van der Waals surface area contributed by atoms with Crippen LogP contribution in [0.1, 0.15) is 40.0 Å². The monoisotopic (exact) mass is 183 g/mol. The molecule has 2 aliphatic rings. The van der Waals surface area contributed by atoms with E-state index in [1.807, 2.05) is 0 Å². The maximum Gasteiger partial charge on any atom is 0.0698 e. The minimum atomic E-state index is -0.100. The van der Waals surface area contributed by atoms with Gasteiger partial charge < -0.3 is 10.4 Å². The first-order valence-corrected chi connectivity index (χ1v) is 5.49. The van der Waals surface area contributed by atoms with Gasteiger partial charge in [0.05, 0.1) is 6.10 Å². The molecule has 0 spiro atoms. The van der Waals surface area contributed by atoms with Crippen molar-refractivity contribution in [3.8, 4) is 0 Å². The highest BCUT2D eigenvalue weighted by Crippen LogP contribution is 2.44. The third-order valence-electron chi connectivity index (χ3n) is 3.85. The first kappa shape index (κ1) is 9.47. The molecule has 1 saturated carbocycles. The van der Waals surface area contributed by atoms with E-state index in [1.165, 1.54) is 12.8 Å². The number of hydrogen-bond acceptors (Lipinski definition) is 2. The highest BCUT2D eigenvalue weighted by atomic mass is 16.3. The normalized spacial score (nSPS) is 48.0. The number of nitrogens with one attached hydrogen (secondary N) is 1. The molecule has 2 heteroatoms. The van der Waals surface area contributed by atoms with Crippen molar-refractivity contribution in [1.29, 1.82) is 0 Å². The highest BCUT2D eigenvalue weighted by molar-refractivity contribution is 5.06. The standard InChI is InChI=1S/C11H21NO/c1-4-7-5-9(13)10-8(7)6-11(2,3)12-10/h7-10,12-13H,4-6H2,1-3H3/t7-,8+,9+,10+/m1/s1. The Bertz CT molecular complexity index is 202. The fraction of sp³-hybridized carbons (Fsp3) is 1.00. The van der Waals surface area contributed by atoms with Crippen molar-refractivity contribution >= 4 is 0 Å². The third-order valence-corrected chi connectivity index (χ3v) is 3.85. The summed E-state index contributed by atoms with van der Waals surface area (Å²) in [5.41, 5.74) is 0.240.